The number of benzene rings is 1. The van der Waals surface area contributed by atoms with Gasteiger partial charge in [0.2, 0.25) is 0 Å². The van der Waals surface area contributed by atoms with Gasteiger partial charge < -0.3 is 0 Å². The normalized spacial score (nSPS) is 12.7. The third-order valence-electron chi connectivity index (χ3n) is 3.46. The molecule has 0 aliphatic carbocycles. The largest absolute Gasteiger partial charge is 0.271 e. The van der Waals surface area contributed by atoms with Crippen LogP contribution >= 0.6 is 0 Å². The summed E-state index contributed by atoms with van der Waals surface area (Å²) in [5.41, 5.74) is 6.85. The van der Waals surface area contributed by atoms with Gasteiger partial charge in [0.25, 0.3) is 0 Å². The van der Waals surface area contributed by atoms with Gasteiger partial charge in [-0.05, 0) is 51.0 Å². The van der Waals surface area contributed by atoms with E-state index in [1.54, 1.807) is 0 Å². The molecule has 20 heavy (non-hydrogen) atoms. The fraction of sp³-hybridized carbons (Fsp3) is 0.400. The summed E-state index contributed by atoms with van der Waals surface area (Å²) in [6, 6.07) is 5.03. The minimum atomic E-state index is -0.406. The van der Waals surface area contributed by atoms with E-state index < -0.39 is 6.04 Å². The molecule has 0 saturated carbocycles. The molecule has 1 aromatic heterocycles. The van der Waals surface area contributed by atoms with E-state index >= 15 is 0 Å². The summed E-state index contributed by atoms with van der Waals surface area (Å²) in [5, 5.41) is 4.40. The van der Waals surface area contributed by atoms with Crippen molar-refractivity contribution in [2.24, 2.45) is 5.84 Å². The molecule has 0 fully saturated rings. The van der Waals surface area contributed by atoms with Gasteiger partial charge in [-0.15, -0.1) is 0 Å². The van der Waals surface area contributed by atoms with Crippen LogP contribution in [0.25, 0.3) is 0 Å². The molecule has 2 rings (SSSR count). The van der Waals surface area contributed by atoms with Crippen LogP contribution in [0.5, 0.6) is 0 Å². The summed E-state index contributed by atoms with van der Waals surface area (Å²) >= 11 is 0. The van der Waals surface area contributed by atoms with E-state index in [2.05, 4.69) is 10.5 Å². The minimum Gasteiger partial charge on any atom is -0.271 e. The smallest absolute Gasteiger partial charge is 0.128 e. The van der Waals surface area contributed by atoms with E-state index in [0.717, 1.165) is 22.5 Å². The predicted molar refractivity (Wildman–Crippen MR) is 77.7 cm³/mol. The van der Waals surface area contributed by atoms with E-state index in [-0.39, 0.29) is 5.82 Å². The highest BCUT2D eigenvalue weighted by Crippen LogP contribution is 2.28. The Morgan fingerprint density at radius 2 is 2.00 bits per heavy atom. The molecule has 0 saturated heterocycles. The lowest BCUT2D eigenvalue weighted by molar-refractivity contribution is 0.513. The first-order chi connectivity index (χ1) is 9.47. The number of hydrogen-bond acceptors (Lipinski definition) is 3. The summed E-state index contributed by atoms with van der Waals surface area (Å²) in [6.45, 7) is 8.41. The zero-order chi connectivity index (χ0) is 14.9. The molecule has 1 unspecified atom stereocenters. The second-order valence-corrected chi connectivity index (χ2v) is 5.10. The van der Waals surface area contributed by atoms with Gasteiger partial charge in [-0.2, -0.15) is 5.10 Å². The van der Waals surface area contributed by atoms with Gasteiger partial charge >= 0.3 is 0 Å². The van der Waals surface area contributed by atoms with Crippen LogP contribution < -0.4 is 11.3 Å². The van der Waals surface area contributed by atoms with Crippen molar-refractivity contribution in [1.82, 2.24) is 15.2 Å². The maximum atomic E-state index is 14.4. The van der Waals surface area contributed by atoms with E-state index in [0.29, 0.717) is 12.1 Å². The number of rotatable bonds is 4. The highest BCUT2D eigenvalue weighted by atomic mass is 19.1. The third-order valence-corrected chi connectivity index (χ3v) is 3.46. The van der Waals surface area contributed by atoms with Crippen molar-refractivity contribution in [3.8, 4) is 0 Å². The van der Waals surface area contributed by atoms with Crippen LogP contribution in [0.4, 0.5) is 4.39 Å². The van der Waals surface area contributed by atoms with Crippen LogP contribution in [0, 0.1) is 26.6 Å². The van der Waals surface area contributed by atoms with Gasteiger partial charge in [-0.1, -0.05) is 6.07 Å². The lowest BCUT2D eigenvalue weighted by atomic mass is 9.96. The first-order valence-electron chi connectivity index (χ1n) is 6.75. The molecule has 1 heterocycles. The van der Waals surface area contributed by atoms with Crippen molar-refractivity contribution in [2.75, 3.05) is 0 Å². The van der Waals surface area contributed by atoms with Crippen molar-refractivity contribution >= 4 is 0 Å². The van der Waals surface area contributed by atoms with E-state index in [1.807, 2.05) is 44.5 Å². The molecule has 0 aliphatic rings. The zero-order valence-electron chi connectivity index (χ0n) is 12.4. The molecule has 0 bridgehead atoms. The van der Waals surface area contributed by atoms with E-state index in [1.165, 1.54) is 6.07 Å². The van der Waals surface area contributed by atoms with Crippen LogP contribution in [-0.2, 0) is 6.54 Å². The molecule has 108 valence electrons. The van der Waals surface area contributed by atoms with Crippen LogP contribution in [0.1, 0.15) is 41.0 Å². The molecule has 2 aromatic rings. The second kappa shape index (κ2) is 5.73. The lowest BCUT2D eigenvalue weighted by Crippen LogP contribution is -2.32. The molecular formula is C15H21FN4. The Hall–Kier alpha value is -1.72. The van der Waals surface area contributed by atoms with Crippen LogP contribution in [0.3, 0.4) is 0 Å². The Balaban J connectivity index is 2.58. The van der Waals surface area contributed by atoms with E-state index in [4.69, 9.17) is 5.84 Å². The number of hydrazine groups is 1. The monoisotopic (exact) mass is 276 g/mol. The molecule has 4 nitrogen and oxygen atoms in total. The number of nitrogens with one attached hydrogen (secondary N) is 1. The Morgan fingerprint density at radius 1 is 1.30 bits per heavy atom. The van der Waals surface area contributed by atoms with E-state index in [9.17, 15) is 4.39 Å². The molecule has 0 amide bonds. The molecule has 3 N–H and O–H groups in total. The molecule has 0 radical (unpaired) electrons. The molecule has 0 aliphatic heterocycles. The van der Waals surface area contributed by atoms with Crippen LogP contribution in [0.15, 0.2) is 18.2 Å². The number of nitrogens with zero attached hydrogens (tertiary/aromatic N) is 2. The van der Waals surface area contributed by atoms with Gasteiger partial charge in [0.05, 0.1) is 17.4 Å². The number of aromatic nitrogens is 2. The average Bonchev–Trinajstić information content (AvgIpc) is 2.74. The highest BCUT2D eigenvalue weighted by Gasteiger charge is 2.23. The number of aryl methyl sites for hydroxylation is 4. The summed E-state index contributed by atoms with van der Waals surface area (Å²) < 4.78 is 16.2. The highest BCUT2D eigenvalue weighted by molar-refractivity contribution is 5.38. The fourth-order valence-corrected chi connectivity index (χ4v) is 2.66. The van der Waals surface area contributed by atoms with Crippen molar-refractivity contribution < 1.29 is 4.39 Å². The van der Waals surface area contributed by atoms with Gasteiger partial charge in [-0.3, -0.25) is 10.5 Å². The predicted octanol–water partition coefficient (Wildman–Crippen LogP) is 2.52. The fourth-order valence-electron chi connectivity index (χ4n) is 2.66. The molecule has 1 atom stereocenters. The third kappa shape index (κ3) is 2.59. The van der Waals surface area contributed by atoms with Gasteiger partial charge in [0, 0.05) is 12.1 Å². The van der Waals surface area contributed by atoms with Crippen LogP contribution in [-0.4, -0.2) is 9.78 Å². The van der Waals surface area contributed by atoms with Crippen molar-refractivity contribution in [3.05, 3.63) is 52.1 Å². The Bertz CT molecular complexity index is 595. The quantitative estimate of drug-likeness (QED) is 0.666. The maximum Gasteiger partial charge on any atom is 0.128 e. The van der Waals surface area contributed by atoms with Gasteiger partial charge in [-0.25, -0.2) is 9.82 Å². The topological polar surface area (TPSA) is 55.9 Å². The average molecular weight is 276 g/mol. The first kappa shape index (κ1) is 14.7. The number of nitrogens with two attached hydrogens (primary N) is 1. The number of halogens is 1. The summed E-state index contributed by atoms with van der Waals surface area (Å²) in [4.78, 5) is 0. The minimum absolute atomic E-state index is 0.244. The van der Waals surface area contributed by atoms with Crippen molar-refractivity contribution in [3.63, 3.8) is 0 Å². The summed E-state index contributed by atoms with van der Waals surface area (Å²) in [7, 11) is 0. The lowest BCUT2D eigenvalue weighted by Gasteiger charge is -2.20. The number of hydrogen-bond donors (Lipinski definition) is 2. The molecule has 1 aromatic carbocycles. The molecular weight excluding hydrogens is 255 g/mol. The van der Waals surface area contributed by atoms with Crippen LogP contribution in [0.2, 0.25) is 0 Å². The summed E-state index contributed by atoms with van der Waals surface area (Å²) in [6.07, 6.45) is 0. The Morgan fingerprint density at radius 3 is 2.55 bits per heavy atom. The summed E-state index contributed by atoms with van der Waals surface area (Å²) in [5.74, 6) is 5.44. The maximum absolute atomic E-state index is 14.4. The van der Waals surface area contributed by atoms with Gasteiger partial charge in [0.1, 0.15) is 5.82 Å². The van der Waals surface area contributed by atoms with Crippen molar-refractivity contribution in [2.45, 2.75) is 40.3 Å². The Kier molecular flexibility index (Phi) is 4.20. The standard InChI is InChI=1S/C15H21FN4/c1-5-20-13(8-11(4)19-20)15(18-17)14-10(3)6-9(2)7-12(14)16/h6-8,15,18H,5,17H2,1-4H3. The first-order valence-corrected chi connectivity index (χ1v) is 6.75. The molecule has 5 heteroatoms. The van der Waals surface area contributed by atoms with Crippen molar-refractivity contribution in [1.29, 1.82) is 0 Å². The molecule has 0 spiro atoms. The second-order valence-electron chi connectivity index (χ2n) is 5.10. The SMILES string of the molecule is CCn1nc(C)cc1C(NN)c1c(C)cc(C)cc1F. The zero-order valence-corrected chi connectivity index (χ0v) is 12.4. The van der Waals surface area contributed by atoms with Gasteiger partial charge in [0.15, 0.2) is 0 Å². The Labute approximate surface area is 118 Å².